The molecule has 2 aromatic carbocycles. The van der Waals surface area contributed by atoms with E-state index in [2.05, 4.69) is 15.4 Å². The fourth-order valence-electron chi connectivity index (χ4n) is 3.42. The van der Waals surface area contributed by atoms with Crippen molar-refractivity contribution in [2.45, 2.75) is 13.0 Å². The highest BCUT2D eigenvalue weighted by Gasteiger charge is 2.34. The molecule has 0 spiro atoms. The average Bonchev–Trinajstić information content (AvgIpc) is 3.10. The number of rotatable bonds is 4. The van der Waals surface area contributed by atoms with Gasteiger partial charge < -0.3 is 15.8 Å². The number of nitrogens with zero attached hydrogens (tertiary/aromatic N) is 3. The van der Waals surface area contributed by atoms with Gasteiger partial charge >= 0.3 is 0 Å². The van der Waals surface area contributed by atoms with Crippen LogP contribution in [0.1, 0.15) is 18.5 Å². The van der Waals surface area contributed by atoms with Crippen LogP contribution in [0.5, 0.6) is 5.75 Å². The van der Waals surface area contributed by atoms with Crippen LogP contribution < -0.4 is 15.8 Å². The molecule has 0 saturated heterocycles. The predicted octanol–water partition coefficient (Wildman–Crippen LogP) is 4.03. The standard InChI is InChI=1S/C20H17Cl2N5O2/c1-10-16(18(23)28)17(12-8-7-11(21)9-14(12)22)27-20(24-10)25-19(26-27)13-5-3-4-6-15(13)29-2/h3-9,17H,1-2H3,(H2,23,28)(H,24,25,26). The number of halogens is 2. The molecule has 1 aliphatic heterocycles. The number of methoxy groups -OCH3 is 1. The number of hydrogen-bond donors (Lipinski definition) is 2. The monoisotopic (exact) mass is 429 g/mol. The maximum Gasteiger partial charge on any atom is 0.248 e. The highest BCUT2D eigenvalue weighted by Crippen LogP contribution is 2.40. The number of amides is 1. The molecular weight excluding hydrogens is 413 g/mol. The minimum atomic E-state index is -0.649. The molecule has 4 rings (SSSR count). The Hall–Kier alpha value is -3.03. The molecule has 148 valence electrons. The van der Waals surface area contributed by atoms with E-state index in [1.807, 2.05) is 24.3 Å². The number of carbonyl (C=O) groups excluding carboxylic acids is 1. The van der Waals surface area contributed by atoms with E-state index in [1.165, 1.54) is 0 Å². The fourth-order valence-corrected chi connectivity index (χ4v) is 3.94. The molecule has 1 atom stereocenters. The number of nitrogens with one attached hydrogen (secondary N) is 1. The molecule has 1 aliphatic rings. The third-order valence-corrected chi connectivity index (χ3v) is 5.29. The van der Waals surface area contributed by atoms with Gasteiger partial charge in [0.25, 0.3) is 0 Å². The van der Waals surface area contributed by atoms with Crippen molar-refractivity contribution in [3.8, 4) is 17.1 Å². The van der Waals surface area contributed by atoms with Gasteiger partial charge in [0.15, 0.2) is 5.82 Å². The van der Waals surface area contributed by atoms with Crippen molar-refractivity contribution < 1.29 is 9.53 Å². The highest BCUT2D eigenvalue weighted by molar-refractivity contribution is 6.35. The van der Waals surface area contributed by atoms with Crippen molar-refractivity contribution >= 4 is 35.1 Å². The normalized spacial score (nSPS) is 15.7. The van der Waals surface area contributed by atoms with Gasteiger partial charge in [0.05, 0.1) is 18.2 Å². The first kappa shape index (κ1) is 19.3. The van der Waals surface area contributed by atoms with Crippen molar-refractivity contribution in [3.63, 3.8) is 0 Å². The molecule has 1 aromatic heterocycles. The lowest BCUT2D eigenvalue weighted by atomic mass is 9.95. The van der Waals surface area contributed by atoms with Gasteiger partial charge in [-0.15, -0.1) is 5.10 Å². The van der Waals surface area contributed by atoms with Crippen LogP contribution in [-0.2, 0) is 4.79 Å². The topological polar surface area (TPSA) is 95.1 Å². The summed E-state index contributed by atoms with van der Waals surface area (Å²) >= 11 is 12.5. The van der Waals surface area contributed by atoms with E-state index in [4.69, 9.17) is 33.7 Å². The van der Waals surface area contributed by atoms with Gasteiger partial charge in [-0.2, -0.15) is 4.98 Å². The smallest absolute Gasteiger partial charge is 0.248 e. The Morgan fingerprint density at radius 3 is 2.69 bits per heavy atom. The fraction of sp³-hybridized carbons (Fsp3) is 0.150. The highest BCUT2D eigenvalue weighted by atomic mass is 35.5. The van der Waals surface area contributed by atoms with Gasteiger partial charge in [-0.25, -0.2) is 4.68 Å². The molecule has 29 heavy (non-hydrogen) atoms. The van der Waals surface area contributed by atoms with E-state index < -0.39 is 11.9 Å². The minimum Gasteiger partial charge on any atom is -0.496 e. The average molecular weight is 430 g/mol. The van der Waals surface area contributed by atoms with Crippen LogP contribution in [0.2, 0.25) is 10.0 Å². The van der Waals surface area contributed by atoms with Gasteiger partial charge in [0.2, 0.25) is 11.9 Å². The first-order valence-electron chi connectivity index (χ1n) is 8.73. The van der Waals surface area contributed by atoms with Crippen molar-refractivity contribution in [1.82, 2.24) is 14.8 Å². The third-order valence-electron chi connectivity index (χ3n) is 4.72. The van der Waals surface area contributed by atoms with E-state index in [0.29, 0.717) is 44.4 Å². The quantitative estimate of drug-likeness (QED) is 0.652. The summed E-state index contributed by atoms with van der Waals surface area (Å²) in [6, 6.07) is 11.9. The van der Waals surface area contributed by atoms with E-state index >= 15 is 0 Å². The summed E-state index contributed by atoms with van der Waals surface area (Å²) in [4.78, 5) is 16.9. The van der Waals surface area contributed by atoms with Crippen LogP contribution >= 0.6 is 23.2 Å². The van der Waals surface area contributed by atoms with Gasteiger partial charge in [-0.05, 0) is 31.2 Å². The lowest BCUT2D eigenvalue weighted by Crippen LogP contribution is -2.32. The molecule has 7 nitrogen and oxygen atoms in total. The van der Waals surface area contributed by atoms with Gasteiger partial charge in [-0.3, -0.25) is 4.79 Å². The number of carbonyl (C=O) groups is 1. The molecule has 1 amide bonds. The van der Waals surface area contributed by atoms with Crippen molar-refractivity contribution in [1.29, 1.82) is 0 Å². The van der Waals surface area contributed by atoms with Crippen LogP contribution in [0.25, 0.3) is 11.4 Å². The maximum atomic E-state index is 12.3. The Morgan fingerprint density at radius 1 is 1.24 bits per heavy atom. The first-order chi connectivity index (χ1) is 13.9. The van der Waals surface area contributed by atoms with Gasteiger partial charge in [-0.1, -0.05) is 41.4 Å². The number of ether oxygens (including phenoxy) is 1. The first-order valence-corrected chi connectivity index (χ1v) is 9.48. The predicted molar refractivity (Wildman–Crippen MR) is 112 cm³/mol. The molecule has 2 heterocycles. The van der Waals surface area contributed by atoms with Crippen LogP contribution in [0.4, 0.5) is 5.95 Å². The number of anilines is 1. The second-order valence-corrected chi connectivity index (χ2v) is 7.34. The van der Waals surface area contributed by atoms with Crippen LogP contribution in [0, 0.1) is 0 Å². The molecule has 3 aromatic rings. The number of fused-ring (bicyclic) bond motifs is 1. The molecule has 1 unspecified atom stereocenters. The Bertz CT molecular complexity index is 1160. The Kier molecular flexibility index (Phi) is 4.94. The number of hydrogen-bond acceptors (Lipinski definition) is 5. The summed E-state index contributed by atoms with van der Waals surface area (Å²) in [5.41, 5.74) is 7.99. The maximum absolute atomic E-state index is 12.3. The number of benzene rings is 2. The summed E-state index contributed by atoms with van der Waals surface area (Å²) < 4.78 is 7.03. The third kappa shape index (κ3) is 3.32. The lowest BCUT2D eigenvalue weighted by Gasteiger charge is -2.28. The number of allylic oxidation sites excluding steroid dienone is 1. The zero-order valence-corrected chi connectivity index (χ0v) is 17.1. The minimum absolute atomic E-state index is 0.346. The zero-order valence-electron chi connectivity index (χ0n) is 15.6. The summed E-state index contributed by atoms with van der Waals surface area (Å²) in [7, 11) is 1.58. The number of primary amides is 1. The summed E-state index contributed by atoms with van der Waals surface area (Å²) in [5.74, 6) is 0.963. The van der Waals surface area contributed by atoms with Crippen LogP contribution in [0.3, 0.4) is 0 Å². The van der Waals surface area contributed by atoms with Crippen molar-refractivity contribution in [2.75, 3.05) is 12.4 Å². The Morgan fingerprint density at radius 2 is 2.00 bits per heavy atom. The van der Waals surface area contributed by atoms with E-state index in [9.17, 15) is 4.79 Å². The van der Waals surface area contributed by atoms with Crippen molar-refractivity contribution in [2.24, 2.45) is 5.73 Å². The van der Waals surface area contributed by atoms with Gasteiger partial charge in [0, 0.05) is 21.3 Å². The molecule has 9 heteroatoms. The Labute approximate surface area is 177 Å². The largest absolute Gasteiger partial charge is 0.496 e. The number of aromatic nitrogens is 3. The second kappa shape index (κ2) is 7.42. The summed E-state index contributed by atoms with van der Waals surface area (Å²) in [6.45, 7) is 1.76. The van der Waals surface area contributed by atoms with E-state index in [1.54, 1.807) is 36.9 Å². The zero-order chi connectivity index (χ0) is 20.7. The molecule has 0 aliphatic carbocycles. The van der Waals surface area contributed by atoms with Crippen LogP contribution in [-0.4, -0.2) is 27.8 Å². The molecule has 0 saturated carbocycles. The van der Waals surface area contributed by atoms with Gasteiger partial charge in [0.1, 0.15) is 11.8 Å². The summed E-state index contributed by atoms with van der Waals surface area (Å²) in [5, 5.41) is 8.64. The number of nitrogens with two attached hydrogens (primary N) is 1. The summed E-state index contributed by atoms with van der Waals surface area (Å²) in [6.07, 6.45) is 0. The molecule has 0 radical (unpaired) electrons. The lowest BCUT2D eigenvalue weighted by molar-refractivity contribution is -0.115. The van der Waals surface area contributed by atoms with Crippen molar-refractivity contribution in [3.05, 3.63) is 69.3 Å². The van der Waals surface area contributed by atoms with E-state index in [0.717, 1.165) is 5.56 Å². The SMILES string of the molecule is COc1ccccc1-c1nc2n(n1)C(c1ccc(Cl)cc1Cl)C(C(N)=O)=C(C)N2. The second-order valence-electron chi connectivity index (χ2n) is 6.50. The number of para-hydroxylation sites is 1. The molecule has 0 bridgehead atoms. The molecular formula is C20H17Cl2N5O2. The molecule has 0 fully saturated rings. The Balaban J connectivity index is 1.92. The van der Waals surface area contributed by atoms with E-state index in [-0.39, 0.29) is 0 Å². The van der Waals surface area contributed by atoms with Crippen LogP contribution in [0.15, 0.2) is 53.7 Å². The molecule has 3 N–H and O–H groups in total.